The predicted molar refractivity (Wildman–Crippen MR) is 70.9 cm³/mol. The average Bonchev–Trinajstić information content (AvgIpc) is 3.06. The normalized spacial score (nSPS) is 22.3. The van der Waals surface area contributed by atoms with Gasteiger partial charge in [0.2, 0.25) is 5.89 Å². The van der Waals surface area contributed by atoms with Crippen LogP contribution in [0.3, 0.4) is 0 Å². The zero-order chi connectivity index (χ0) is 13.8. The monoisotopic (exact) mass is 273 g/mol. The number of nitrogens with one attached hydrogen (secondary N) is 1. The van der Waals surface area contributed by atoms with E-state index in [0.717, 1.165) is 25.9 Å². The topological polar surface area (TPSA) is 51.0 Å². The van der Waals surface area contributed by atoms with Gasteiger partial charge in [-0.25, -0.2) is 4.39 Å². The first kappa shape index (κ1) is 12.0. The fourth-order valence-corrected chi connectivity index (χ4v) is 2.90. The Morgan fingerprint density at radius 2 is 2.00 bits per heavy atom. The van der Waals surface area contributed by atoms with Gasteiger partial charge in [-0.1, -0.05) is 23.4 Å². The first-order chi connectivity index (χ1) is 9.64. The summed E-state index contributed by atoms with van der Waals surface area (Å²) in [5.74, 6) is 1.10. The van der Waals surface area contributed by atoms with Gasteiger partial charge < -0.3 is 9.84 Å². The Balaban J connectivity index is 1.73. The number of halogens is 1. The van der Waals surface area contributed by atoms with Crippen molar-refractivity contribution in [2.75, 3.05) is 13.1 Å². The summed E-state index contributed by atoms with van der Waals surface area (Å²) in [7, 11) is 0. The minimum absolute atomic E-state index is 0.0729. The van der Waals surface area contributed by atoms with Crippen molar-refractivity contribution in [1.82, 2.24) is 15.5 Å². The van der Waals surface area contributed by atoms with Gasteiger partial charge in [0.05, 0.1) is 10.8 Å². The molecule has 1 saturated heterocycles. The van der Waals surface area contributed by atoms with E-state index in [4.69, 9.17) is 4.52 Å². The van der Waals surface area contributed by atoms with Crippen LogP contribution in [0.15, 0.2) is 28.8 Å². The maximum Gasteiger partial charge on any atom is 0.235 e. The first-order valence-electron chi connectivity index (χ1n) is 6.95. The number of nitrogens with zero attached hydrogens (tertiary/aromatic N) is 2. The minimum atomic E-state index is -0.374. The minimum Gasteiger partial charge on any atom is -0.339 e. The van der Waals surface area contributed by atoms with Crippen molar-refractivity contribution in [3.05, 3.63) is 47.4 Å². The van der Waals surface area contributed by atoms with Crippen LogP contribution in [0.4, 0.5) is 4.39 Å². The Morgan fingerprint density at radius 3 is 2.60 bits per heavy atom. The molecule has 1 N–H and O–H groups in total. The van der Waals surface area contributed by atoms with E-state index in [1.54, 1.807) is 6.07 Å². The average molecular weight is 273 g/mol. The van der Waals surface area contributed by atoms with Crippen LogP contribution < -0.4 is 5.32 Å². The molecule has 0 radical (unpaired) electrons. The van der Waals surface area contributed by atoms with Gasteiger partial charge in [0.15, 0.2) is 5.82 Å². The summed E-state index contributed by atoms with van der Waals surface area (Å²) >= 11 is 0. The van der Waals surface area contributed by atoms with Crippen molar-refractivity contribution in [2.45, 2.75) is 30.6 Å². The lowest BCUT2D eigenvalue weighted by Crippen LogP contribution is -2.54. The van der Waals surface area contributed by atoms with Crippen LogP contribution in [-0.2, 0) is 10.8 Å². The molecule has 5 heteroatoms. The standard InChI is InChI=1S/C15H16FN3O/c1-14(8-17-9-14)13-18-12(19-20-13)15(6-7-15)10-4-2-3-5-11(10)16/h2-5,17H,6-9H2,1H3. The van der Waals surface area contributed by atoms with Crippen molar-refractivity contribution in [2.24, 2.45) is 0 Å². The van der Waals surface area contributed by atoms with Crippen LogP contribution in [0.2, 0.25) is 0 Å². The molecule has 2 aliphatic rings. The highest BCUT2D eigenvalue weighted by Crippen LogP contribution is 2.53. The summed E-state index contributed by atoms with van der Waals surface area (Å²) in [4.78, 5) is 4.57. The molecule has 1 saturated carbocycles. The molecule has 1 aromatic heterocycles. The van der Waals surface area contributed by atoms with Crippen LogP contribution in [0.25, 0.3) is 0 Å². The summed E-state index contributed by atoms with van der Waals surface area (Å²) in [6.45, 7) is 3.80. The van der Waals surface area contributed by atoms with Gasteiger partial charge in [-0.15, -0.1) is 0 Å². The van der Waals surface area contributed by atoms with Gasteiger partial charge in [-0.3, -0.25) is 0 Å². The lowest BCUT2D eigenvalue weighted by molar-refractivity contribution is 0.219. The SMILES string of the molecule is CC1(c2nc(C3(c4ccccc4F)CC3)no2)CNC1. The second-order valence-electron chi connectivity index (χ2n) is 6.15. The molecule has 0 bridgehead atoms. The van der Waals surface area contributed by atoms with E-state index in [-0.39, 0.29) is 16.6 Å². The molecule has 4 nitrogen and oxygen atoms in total. The Bertz CT molecular complexity index is 659. The smallest absolute Gasteiger partial charge is 0.235 e. The number of hydrogen-bond donors (Lipinski definition) is 1. The molecule has 0 amide bonds. The van der Waals surface area contributed by atoms with Crippen molar-refractivity contribution in [3.63, 3.8) is 0 Å². The number of aromatic nitrogens is 2. The van der Waals surface area contributed by atoms with Crippen molar-refractivity contribution in [1.29, 1.82) is 0 Å². The van der Waals surface area contributed by atoms with E-state index in [1.165, 1.54) is 6.07 Å². The second kappa shape index (κ2) is 3.88. The lowest BCUT2D eigenvalue weighted by atomic mass is 9.84. The molecule has 2 heterocycles. The third-order valence-electron chi connectivity index (χ3n) is 4.54. The van der Waals surface area contributed by atoms with E-state index < -0.39 is 0 Å². The zero-order valence-electron chi connectivity index (χ0n) is 11.3. The fourth-order valence-electron chi connectivity index (χ4n) is 2.90. The van der Waals surface area contributed by atoms with Crippen molar-refractivity contribution < 1.29 is 8.91 Å². The molecule has 4 rings (SSSR count). The van der Waals surface area contributed by atoms with Crippen LogP contribution in [0.1, 0.15) is 37.0 Å². The van der Waals surface area contributed by atoms with E-state index in [1.807, 2.05) is 12.1 Å². The molecule has 1 aliphatic carbocycles. The third kappa shape index (κ3) is 1.56. The maximum atomic E-state index is 14.0. The number of hydrogen-bond acceptors (Lipinski definition) is 4. The summed E-state index contributed by atoms with van der Waals surface area (Å²) < 4.78 is 19.5. The Kier molecular flexibility index (Phi) is 2.33. The van der Waals surface area contributed by atoms with Gasteiger partial charge in [-0.2, -0.15) is 4.98 Å². The molecular formula is C15H16FN3O. The molecule has 104 valence electrons. The highest BCUT2D eigenvalue weighted by molar-refractivity contribution is 5.40. The van der Waals surface area contributed by atoms with Crippen LogP contribution in [-0.4, -0.2) is 23.2 Å². The Hall–Kier alpha value is -1.75. The molecule has 1 aromatic carbocycles. The molecule has 0 spiro atoms. The molecule has 0 atom stereocenters. The molecule has 0 unspecified atom stereocenters. The van der Waals surface area contributed by atoms with Gasteiger partial charge >= 0.3 is 0 Å². The van der Waals surface area contributed by atoms with E-state index in [9.17, 15) is 4.39 Å². The molecular weight excluding hydrogens is 257 g/mol. The predicted octanol–water partition coefficient (Wildman–Crippen LogP) is 2.15. The van der Waals surface area contributed by atoms with E-state index in [2.05, 4.69) is 22.4 Å². The van der Waals surface area contributed by atoms with Crippen LogP contribution in [0, 0.1) is 5.82 Å². The fraction of sp³-hybridized carbons (Fsp3) is 0.467. The van der Waals surface area contributed by atoms with Gasteiger partial charge in [-0.05, 0) is 25.8 Å². The first-order valence-corrected chi connectivity index (χ1v) is 6.95. The quantitative estimate of drug-likeness (QED) is 0.931. The van der Waals surface area contributed by atoms with Gasteiger partial charge in [0, 0.05) is 18.7 Å². The summed E-state index contributed by atoms with van der Waals surface area (Å²) in [5.41, 5.74) is 0.237. The highest BCUT2D eigenvalue weighted by atomic mass is 19.1. The van der Waals surface area contributed by atoms with Crippen LogP contribution in [0.5, 0.6) is 0 Å². The molecule has 2 aromatic rings. The summed E-state index contributed by atoms with van der Waals surface area (Å²) in [6, 6.07) is 6.88. The zero-order valence-corrected chi connectivity index (χ0v) is 11.3. The number of benzene rings is 1. The van der Waals surface area contributed by atoms with Crippen molar-refractivity contribution in [3.8, 4) is 0 Å². The Morgan fingerprint density at radius 1 is 1.25 bits per heavy atom. The maximum absolute atomic E-state index is 14.0. The molecule has 2 fully saturated rings. The summed E-state index contributed by atoms with van der Waals surface area (Å²) in [6.07, 6.45) is 1.75. The Labute approximate surface area is 116 Å². The van der Waals surface area contributed by atoms with Gasteiger partial charge in [0.1, 0.15) is 5.82 Å². The highest BCUT2D eigenvalue weighted by Gasteiger charge is 2.52. The van der Waals surface area contributed by atoms with E-state index >= 15 is 0 Å². The number of rotatable bonds is 3. The van der Waals surface area contributed by atoms with E-state index in [0.29, 0.717) is 17.3 Å². The molecule has 20 heavy (non-hydrogen) atoms. The lowest BCUT2D eigenvalue weighted by Gasteiger charge is -2.35. The summed E-state index contributed by atoms with van der Waals surface area (Å²) in [5, 5.41) is 7.35. The molecule has 1 aliphatic heterocycles. The van der Waals surface area contributed by atoms with Gasteiger partial charge in [0.25, 0.3) is 0 Å². The largest absolute Gasteiger partial charge is 0.339 e. The second-order valence-corrected chi connectivity index (χ2v) is 6.15. The third-order valence-corrected chi connectivity index (χ3v) is 4.54. The van der Waals surface area contributed by atoms with Crippen LogP contribution >= 0.6 is 0 Å². The van der Waals surface area contributed by atoms with Crippen molar-refractivity contribution >= 4 is 0 Å².